The molecule has 2 saturated heterocycles. The minimum atomic E-state index is 0.279. The molecule has 2 N–H and O–H groups in total. The molecule has 1 atom stereocenters. The number of amides is 1. The predicted octanol–water partition coefficient (Wildman–Crippen LogP) is 3.18. The molecule has 1 amide bonds. The monoisotopic (exact) mass is 490 g/mol. The molecule has 2 aliphatic rings. The standard InChI is InChI=1S/C21H31BrN8O/c1-15-18(14-30(27-15)16-7-11-28(2)13-16)25-21-24-12-17(22)20(26-21)23-8-5-10-29-9-4-3-6-19(29)31/h12,14,16H,3-11,13H2,1-2H3,(H2,23,24,25,26). The van der Waals surface area contributed by atoms with E-state index in [-0.39, 0.29) is 5.91 Å². The predicted molar refractivity (Wildman–Crippen MR) is 125 cm³/mol. The lowest BCUT2D eigenvalue weighted by Gasteiger charge is -2.26. The number of anilines is 3. The molecule has 9 nitrogen and oxygen atoms in total. The maximum Gasteiger partial charge on any atom is 0.229 e. The van der Waals surface area contributed by atoms with Gasteiger partial charge < -0.3 is 20.4 Å². The van der Waals surface area contributed by atoms with Crippen molar-refractivity contribution in [2.45, 2.75) is 45.1 Å². The van der Waals surface area contributed by atoms with E-state index in [2.05, 4.69) is 58.3 Å². The zero-order chi connectivity index (χ0) is 21.8. The smallest absolute Gasteiger partial charge is 0.229 e. The van der Waals surface area contributed by atoms with Crippen LogP contribution in [0.4, 0.5) is 17.5 Å². The van der Waals surface area contributed by atoms with Crippen molar-refractivity contribution in [3.63, 3.8) is 0 Å². The van der Waals surface area contributed by atoms with E-state index in [1.54, 1.807) is 6.20 Å². The Morgan fingerprint density at radius 2 is 2.16 bits per heavy atom. The number of aryl methyl sites for hydroxylation is 1. The average Bonchev–Trinajstić information content (AvgIpc) is 3.34. The van der Waals surface area contributed by atoms with Crippen LogP contribution in [0.15, 0.2) is 16.9 Å². The molecule has 168 valence electrons. The number of nitrogens with zero attached hydrogens (tertiary/aromatic N) is 6. The zero-order valence-corrected chi connectivity index (χ0v) is 19.9. The molecule has 0 bridgehead atoms. The summed E-state index contributed by atoms with van der Waals surface area (Å²) < 4.78 is 2.87. The van der Waals surface area contributed by atoms with E-state index >= 15 is 0 Å². The van der Waals surface area contributed by atoms with Gasteiger partial charge in [0.15, 0.2) is 0 Å². The van der Waals surface area contributed by atoms with Crippen LogP contribution in [0.25, 0.3) is 0 Å². The highest BCUT2D eigenvalue weighted by molar-refractivity contribution is 9.10. The van der Waals surface area contributed by atoms with Gasteiger partial charge in [0.25, 0.3) is 0 Å². The molecule has 0 radical (unpaired) electrons. The number of carbonyl (C=O) groups excluding carboxylic acids is 1. The van der Waals surface area contributed by atoms with Crippen molar-refractivity contribution in [1.29, 1.82) is 0 Å². The van der Waals surface area contributed by atoms with E-state index in [9.17, 15) is 4.79 Å². The first-order valence-corrected chi connectivity index (χ1v) is 11.8. The highest BCUT2D eigenvalue weighted by atomic mass is 79.9. The summed E-state index contributed by atoms with van der Waals surface area (Å²) in [6.45, 7) is 6.53. The first-order valence-electron chi connectivity index (χ1n) is 11.0. The van der Waals surface area contributed by atoms with Gasteiger partial charge in [-0.1, -0.05) is 0 Å². The van der Waals surface area contributed by atoms with Crippen LogP contribution in [-0.4, -0.2) is 75.2 Å². The number of hydrogen-bond acceptors (Lipinski definition) is 7. The molecule has 0 spiro atoms. The normalized spacial score (nSPS) is 19.8. The summed E-state index contributed by atoms with van der Waals surface area (Å²) in [5.74, 6) is 1.55. The summed E-state index contributed by atoms with van der Waals surface area (Å²) in [6.07, 6.45) is 8.61. The third kappa shape index (κ3) is 5.54. The topological polar surface area (TPSA) is 91.2 Å². The second-order valence-corrected chi connectivity index (χ2v) is 9.30. The Kier molecular flexibility index (Phi) is 7.06. The van der Waals surface area contributed by atoms with Gasteiger partial charge in [-0.05, 0) is 62.1 Å². The molecule has 1 unspecified atom stereocenters. The average molecular weight is 491 g/mol. The minimum absolute atomic E-state index is 0.279. The highest BCUT2D eigenvalue weighted by Gasteiger charge is 2.23. The SMILES string of the molecule is Cc1nn(C2CCN(C)C2)cc1Nc1ncc(Br)c(NCCCN2CCCCC2=O)n1. The number of likely N-dealkylation sites (tertiary alicyclic amines) is 2. The number of nitrogens with one attached hydrogen (secondary N) is 2. The number of piperidine rings is 1. The van der Waals surface area contributed by atoms with Gasteiger partial charge in [-0.25, -0.2) is 4.98 Å². The van der Waals surface area contributed by atoms with Crippen LogP contribution in [0.5, 0.6) is 0 Å². The molecule has 0 aliphatic carbocycles. The summed E-state index contributed by atoms with van der Waals surface area (Å²) in [5.41, 5.74) is 1.85. The van der Waals surface area contributed by atoms with Crippen LogP contribution in [0, 0.1) is 6.92 Å². The lowest BCUT2D eigenvalue weighted by molar-refractivity contribution is -0.133. The van der Waals surface area contributed by atoms with E-state index in [0.29, 0.717) is 18.4 Å². The number of aromatic nitrogens is 4. The van der Waals surface area contributed by atoms with E-state index in [1.165, 1.54) is 0 Å². The molecule has 2 aliphatic heterocycles. The fraction of sp³-hybridized carbons (Fsp3) is 0.619. The van der Waals surface area contributed by atoms with E-state index in [4.69, 9.17) is 0 Å². The molecule has 4 rings (SSSR count). The quantitative estimate of drug-likeness (QED) is 0.548. The number of likely N-dealkylation sites (N-methyl/N-ethyl adjacent to an activating group) is 1. The van der Waals surface area contributed by atoms with Gasteiger partial charge in [0.2, 0.25) is 11.9 Å². The Bertz CT molecular complexity index is 917. The molecule has 0 aromatic carbocycles. The maximum atomic E-state index is 11.9. The van der Waals surface area contributed by atoms with Crippen LogP contribution in [0.2, 0.25) is 0 Å². The minimum Gasteiger partial charge on any atom is -0.369 e. The Labute approximate surface area is 191 Å². The molecule has 4 heterocycles. The first-order chi connectivity index (χ1) is 15.0. The lowest BCUT2D eigenvalue weighted by Crippen LogP contribution is -2.36. The number of rotatable bonds is 8. The maximum absolute atomic E-state index is 11.9. The van der Waals surface area contributed by atoms with E-state index in [1.807, 2.05) is 18.0 Å². The number of halogens is 1. The van der Waals surface area contributed by atoms with Crippen LogP contribution < -0.4 is 10.6 Å². The van der Waals surface area contributed by atoms with E-state index < -0.39 is 0 Å². The van der Waals surface area contributed by atoms with Crippen LogP contribution in [0.1, 0.15) is 43.8 Å². The van der Waals surface area contributed by atoms with Crippen molar-refractivity contribution in [1.82, 2.24) is 29.5 Å². The van der Waals surface area contributed by atoms with Gasteiger partial charge in [0.1, 0.15) is 5.82 Å². The van der Waals surface area contributed by atoms with Crippen molar-refractivity contribution in [2.24, 2.45) is 0 Å². The molecular formula is C21H31BrN8O. The Hall–Kier alpha value is -2.20. The van der Waals surface area contributed by atoms with Crippen molar-refractivity contribution in [3.05, 3.63) is 22.6 Å². The van der Waals surface area contributed by atoms with Crippen molar-refractivity contribution < 1.29 is 4.79 Å². The van der Waals surface area contributed by atoms with Crippen LogP contribution in [-0.2, 0) is 4.79 Å². The summed E-state index contributed by atoms with van der Waals surface area (Å²) in [6, 6.07) is 0.411. The Balaban J connectivity index is 1.33. The third-order valence-electron chi connectivity index (χ3n) is 5.97. The highest BCUT2D eigenvalue weighted by Crippen LogP contribution is 2.26. The molecule has 2 fully saturated rings. The second kappa shape index (κ2) is 9.95. The summed E-state index contributed by atoms with van der Waals surface area (Å²) >= 11 is 3.52. The number of hydrogen-bond donors (Lipinski definition) is 2. The molecular weight excluding hydrogens is 460 g/mol. The van der Waals surface area contributed by atoms with Crippen LogP contribution >= 0.6 is 15.9 Å². The molecule has 2 aromatic rings. The first kappa shape index (κ1) is 22.0. The van der Waals surface area contributed by atoms with Gasteiger partial charge in [0.05, 0.1) is 21.9 Å². The van der Waals surface area contributed by atoms with Gasteiger partial charge in [0, 0.05) is 45.0 Å². The van der Waals surface area contributed by atoms with Gasteiger partial charge in [-0.2, -0.15) is 10.1 Å². The fourth-order valence-electron chi connectivity index (χ4n) is 4.17. The summed E-state index contributed by atoms with van der Waals surface area (Å²) in [4.78, 5) is 25.2. The summed E-state index contributed by atoms with van der Waals surface area (Å²) in [5, 5.41) is 11.4. The second-order valence-electron chi connectivity index (χ2n) is 8.45. The van der Waals surface area contributed by atoms with E-state index in [0.717, 1.165) is 80.1 Å². The van der Waals surface area contributed by atoms with Gasteiger partial charge >= 0.3 is 0 Å². The van der Waals surface area contributed by atoms with Crippen LogP contribution in [0.3, 0.4) is 0 Å². The lowest BCUT2D eigenvalue weighted by atomic mass is 10.1. The molecule has 31 heavy (non-hydrogen) atoms. The zero-order valence-electron chi connectivity index (χ0n) is 18.3. The molecule has 2 aromatic heterocycles. The van der Waals surface area contributed by atoms with Gasteiger partial charge in [-0.3, -0.25) is 9.48 Å². The largest absolute Gasteiger partial charge is 0.369 e. The van der Waals surface area contributed by atoms with Crippen molar-refractivity contribution >= 4 is 39.3 Å². The van der Waals surface area contributed by atoms with Crippen molar-refractivity contribution in [2.75, 3.05) is 50.4 Å². The summed E-state index contributed by atoms with van der Waals surface area (Å²) in [7, 11) is 2.14. The number of carbonyl (C=O) groups is 1. The molecule has 10 heteroatoms. The molecule has 0 saturated carbocycles. The van der Waals surface area contributed by atoms with Crippen molar-refractivity contribution in [3.8, 4) is 0 Å². The fourth-order valence-corrected chi connectivity index (χ4v) is 4.50. The Morgan fingerprint density at radius 1 is 1.29 bits per heavy atom. The Morgan fingerprint density at radius 3 is 2.94 bits per heavy atom. The van der Waals surface area contributed by atoms with Gasteiger partial charge in [-0.15, -0.1) is 0 Å². The third-order valence-corrected chi connectivity index (χ3v) is 6.55.